The van der Waals surface area contributed by atoms with Crippen molar-refractivity contribution in [2.45, 2.75) is 0 Å². The molecule has 0 unspecified atom stereocenters. The molecule has 1 rings (SSSR count). The predicted octanol–water partition coefficient (Wildman–Crippen LogP) is 0.0760. The smallest absolute Gasteiger partial charge is 0.321 e. The van der Waals surface area contributed by atoms with E-state index >= 15 is 0 Å². The summed E-state index contributed by atoms with van der Waals surface area (Å²) in [6.45, 7) is 0. The lowest BCUT2D eigenvalue weighted by atomic mass is 10.6. The topological polar surface area (TPSA) is 70.3 Å². The molecule has 1 heterocycles. The molecule has 0 saturated carbocycles. The fraction of sp³-hybridized carbons (Fsp3) is 0.333. The van der Waals surface area contributed by atoms with Crippen molar-refractivity contribution in [1.82, 2.24) is 9.97 Å². The molecule has 0 bridgehead atoms. The lowest BCUT2D eigenvalue weighted by Gasteiger charge is -2.01. The first-order chi connectivity index (χ1) is 5.26. The van der Waals surface area contributed by atoms with E-state index in [2.05, 4.69) is 9.97 Å². The summed E-state index contributed by atoms with van der Waals surface area (Å²) in [5.41, 5.74) is 5.40. The van der Waals surface area contributed by atoms with E-state index in [1.54, 1.807) is 0 Å². The summed E-state index contributed by atoms with van der Waals surface area (Å²) >= 11 is 0. The van der Waals surface area contributed by atoms with Crippen LogP contribution in [0.3, 0.4) is 0 Å². The van der Waals surface area contributed by atoms with Crippen LogP contribution in [-0.4, -0.2) is 24.2 Å². The lowest BCUT2D eigenvalue weighted by Crippen LogP contribution is -1.98. The second-order valence-electron chi connectivity index (χ2n) is 1.82. The van der Waals surface area contributed by atoms with Gasteiger partial charge in [-0.2, -0.15) is 9.97 Å². The molecule has 0 aromatic carbocycles. The van der Waals surface area contributed by atoms with Crippen LogP contribution < -0.4 is 15.2 Å². The van der Waals surface area contributed by atoms with Crippen LogP contribution in [0.1, 0.15) is 0 Å². The van der Waals surface area contributed by atoms with Gasteiger partial charge in [0.1, 0.15) is 5.82 Å². The van der Waals surface area contributed by atoms with Gasteiger partial charge < -0.3 is 15.2 Å². The summed E-state index contributed by atoms with van der Waals surface area (Å²) < 4.78 is 9.58. The van der Waals surface area contributed by atoms with Gasteiger partial charge in [0, 0.05) is 6.07 Å². The number of nitrogen functional groups attached to an aromatic ring is 1. The van der Waals surface area contributed by atoms with Gasteiger partial charge in [-0.3, -0.25) is 0 Å². The van der Waals surface area contributed by atoms with Crippen LogP contribution >= 0.6 is 0 Å². The largest absolute Gasteiger partial charge is 0.481 e. The Labute approximate surface area is 64.2 Å². The Kier molecular flexibility index (Phi) is 2.10. The van der Waals surface area contributed by atoms with Gasteiger partial charge in [0.25, 0.3) is 0 Å². The maximum Gasteiger partial charge on any atom is 0.321 e. The maximum atomic E-state index is 5.40. The van der Waals surface area contributed by atoms with Crippen molar-refractivity contribution < 1.29 is 9.47 Å². The van der Waals surface area contributed by atoms with Gasteiger partial charge in [-0.1, -0.05) is 0 Å². The predicted molar refractivity (Wildman–Crippen MR) is 39.5 cm³/mol. The summed E-state index contributed by atoms with van der Waals surface area (Å²) in [5.74, 6) is 0.725. The normalized spacial score (nSPS) is 9.27. The first kappa shape index (κ1) is 7.59. The first-order valence-corrected chi connectivity index (χ1v) is 2.99. The van der Waals surface area contributed by atoms with Crippen molar-refractivity contribution in [3.8, 4) is 11.9 Å². The molecule has 0 amide bonds. The number of nitrogens with two attached hydrogens (primary N) is 1. The molecule has 1 aromatic rings. The van der Waals surface area contributed by atoms with Crippen molar-refractivity contribution in [1.29, 1.82) is 0 Å². The highest BCUT2D eigenvalue weighted by Crippen LogP contribution is 2.13. The quantitative estimate of drug-likeness (QED) is 0.654. The summed E-state index contributed by atoms with van der Waals surface area (Å²) in [4.78, 5) is 7.60. The Balaban J connectivity index is 3.02. The van der Waals surface area contributed by atoms with Crippen LogP contribution in [0, 0.1) is 0 Å². The number of nitrogens with zero attached hydrogens (tertiary/aromatic N) is 2. The fourth-order valence-corrected chi connectivity index (χ4v) is 0.617. The molecule has 11 heavy (non-hydrogen) atoms. The zero-order chi connectivity index (χ0) is 8.27. The molecular formula is C6H9N3O2. The van der Waals surface area contributed by atoms with E-state index < -0.39 is 0 Å². The lowest BCUT2D eigenvalue weighted by molar-refractivity contribution is 0.353. The van der Waals surface area contributed by atoms with Gasteiger partial charge >= 0.3 is 6.01 Å². The van der Waals surface area contributed by atoms with Crippen molar-refractivity contribution in [2.24, 2.45) is 0 Å². The van der Waals surface area contributed by atoms with E-state index in [0.717, 1.165) is 0 Å². The molecule has 0 fully saturated rings. The Bertz CT molecular complexity index is 229. The number of anilines is 1. The van der Waals surface area contributed by atoms with Gasteiger partial charge in [0.15, 0.2) is 0 Å². The van der Waals surface area contributed by atoms with Crippen molar-refractivity contribution in [3.05, 3.63) is 6.07 Å². The Morgan fingerprint density at radius 1 is 1.27 bits per heavy atom. The fourth-order valence-electron chi connectivity index (χ4n) is 0.617. The minimum Gasteiger partial charge on any atom is -0.481 e. The highest BCUT2D eigenvalue weighted by atomic mass is 16.5. The Morgan fingerprint density at radius 2 is 2.00 bits per heavy atom. The molecule has 5 heteroatoms. The maximum absolute atomic E-state index is 5.40. The summed E-state index contributed by atoms with van der Waals surface area (Å²) in [6.07, 6.45) is 0. The van der Waals surface area contributed by atoms with Gasteiger partial charge in [0.2, 0.25) is 5.88 Å². The molecule has 5 nitrogen and oxygen atoms in total. The van der Waals surface area contributed by atoms with Crippen molar-refractivity contribution >= 4 is 5.82 Å². The number of hydrogen-bond acceptors (Lipinski definition) is 5. The average molecular weight is 155 g/mol. The van der Waals surface area contributed by atoms with Crippen molar-refractivity contribution in [3.63, 3.8) is 0 Å². The van der Waals surface area contributed by atoms with E-state index in [1.165, 1.54) is 20.3 Å². The zero-order valence-corrected chi connectivity index (χ0v) is 6.37. The standard InChI is InChI=1S/C6H9N3O2/c1-10-5-3-4(7)8-6(9-5)11-2/h3H,1-2H3,(H2,7,8,9). The van der Waals surface area contributed by atoms with Gasteiger partial charge in [-0.05, 0) is 0 Å². The summed E-state index contributed by atoms with van der Waals surface area (Å²) in [6, 6.07) is 1.73. The van der Waals surface area contributed by atoms with Gasteiger partial charge in [-0.15, -0.1) is 0 Å². The highest BCUT2D eigenvalue weighted by molar-refractivity contribution is 5.34. The molecule has 0 spiro atoms. The molecule has 0 aliphatic carbocycles. The summed E-state index contributed by atoms with van der Waals surface area (Å²) in [7, 11) is 2.97. The molecular weight excluding hydrogens is 146 g/mol. The van der Waals surface area contributed by atoms with E-state index in [1.807, 2.05) is 0 Å². The molecule has 60 valence electrons. The number of hydrogen-bond donors (Lipinski definition) is 1. The molecule has 0 saturated heterocycles. The first-order valence-electron chi connectivity index (χ1n) is 2.99. The van der Waals surface area contributed by atoms with Gasteiger partial charge in [-0.25, -0.2) is 0 Å². The number of aromatic nitrogens is 2. The second-order valence-corrected chi connectivity index (χ2v) is 1.82. The van der Waals surface area contributed by atoms with E-state index in [0.29, 0.717) is 11.7 Å². The monoisotopic (exact) mass is 155 g/mol. The Morgan fingerprint density at radius 3 is 2.55 bits per heavy atom. The minimum atomic E-state index is 0.210. The van der Waals surface area contributed by atoms with Crippen LogP contribution in [0.4, 0.5) is 5.82 Å². The van der Waals surface area contributed by atoms with Gasteiger partial charge in [0.05, 0.1) is 14.2 Å². The molecule has 0 radical (unpaired) electrons. The average Bonchev–Trinajstić information content (AvgIpc) is 2.03. The third kappa shape index (κ3) is 1.70. The number of rotatable bonds is 2. The van der Waals surface area contributed by atoms with E-state index in [4.69, 9.17) is 15.2 Å². The third-order valence-corrected chi connectivity index (χ3v) is 1.09. The SMILES string of the molecule is COc1cc(N)nc(OC)n1. The van der Waals surface area contributed by atoms with Crippen LogP contribution in [-0.2, 0) is 0 Å². The molecule has 2 N–H and O–H groups in total. The van der Waals surface area contributed by atoms with Crippen LogP contribution in [0.15, 0.2) is 6.07 Å². The van der Waals surface area contributed by atoms with Crippen LogP contribution in [0.5, 0.6) is 11.9 Å². The minimum absolute atomic E-state index is 0.210. The molecule has 0 aliphatic rings. The zero-order valence-electron chi connectivity index (χ0n) is 6.37. The third-order valence-electron chi connectivity index (χ3n) is 1.09. The van der Waals surface area contributed by atoms with E-state index in [-0.39, 0.29) is 6.01 Å². The molecule has 0 atom stereocenters. The summed E-state index contributed by atoms with van der Waals surface area (Å²) in [5, 5.41) is 0. The number of methoxy groups -OCH3 is 2. The van der Waals surface area contributed by atoms with Crippen LogP contribution in [0.2, 0.25) is 0 Å². The van der Waals surface area contributed by atoms with Crippen molar-refractivity contribution in [2.75, 3.05) is 20.0 Å². The van der Waals surface area contributed by atoms with Crippen LogP contribution in [0.25, 0.3) is 0 Å². The van der Waals surface area contributed by atoms with E-state index in [9.17, 15) is 0 Å². The highest BCUT2D eigenvalue weighted by Gasteiger charge is 2.00. The number of ether oxygens (including phenoxy) is 2. The molecule has 1 aromatic heterocycles. The Hall–Kier alpha value is -1.52. The second kappa shape index (κ2) is 3.05. The molecule has 0 aliphatic heterocycles.